The van der Waals surface area contributed by atoms with Crippen LogP contribution in [0.25, 0.3) is 0 Å². The van der Waals surface area contributed by atoms with Crippen molar-refractivity contribution in [2.45, 2.75) is 26.8 Å². The molecule has 0 aliphatic carbocycles. The topological polar surface area (TPSA) is 64.6 Å². The number of esters is 1. The molecule has 1 amide bonds. The molecule has 1 atom stereocenters. The van der Waals surface area contributed by atoms with Gasteiger partial charge in [0.1, 0.15) is 5.75 Å². The Morgan fingerprint density at radius 1 is 1.08 bits per heavy atom. The van der Waals surface area contributed by atoms with Gasteiger partial charge in [-0.2, -0.15) is 0 Å². The molecule has 1 N–H and O–H groups in total. The van der Waals surface area contributed by atoms with Gasteiger partial charge in [0.2, 0.25) is 0 Å². The zero-order valence-electron chi connectivity index (χ0n) is 15.0. The van der Waals surface area contributed by atoms with Crippen LogP contribution in [0.5, 0.6) is 5.75 Å². The van der Waals surface area contributed by atoms with Crippen LogP contribution in [0.3, 0.4) is 0 Å². The Kier molecular flexibility index (Phi) is 7.21. The summed E-state index contributed by atoms with van der Waals surface area (Å²) in [7, 11) is 0. The summed E-state index contributed by atoms with van der Waals surface area (Å²) in [4.78, 5) is 23.7. The smallest absolute Gasteiger partial charge is 0.344 e. The predicted octanol–water partition coefficient (Wildman–Crippen LogP) is 3.87. The summed E-state index contributed by atoms with van der Waals surface area (Å²) in [6.45, 7) is 5.19. The molecule has 26 heavy (non-hydrogen) atoms. The summed E-state index contributed by atoms with van der Waals surface area (Å²) >= 11 is 3.37. The van der Waals surface area contributed by atoms with Gasteiger partial charge in [0, 0.05) is 4.47 Å². The second kappa shape index (κ2) is 9.38. The van der Waals surface area contributed by atoms with Gasteiger partial charge >= 0.3 is 5.97 Å². The summed E-state index contributed by atoms with van der Waals surface area (Å²) < 4.78 is 11.4. The van der Waals surface area contributed by atoms with Crippen molar-refractivity contribution in [3.8, 4) is 5.75 Å². The summed E-state index contributed by atoms with van der Waals surface area (Å²) in [6.07, 6.45) is 0. The molecular weight excluding hydrogens is 398 g/mol. The number of benzene rings is 2. The highest BCUT2D eigenvalue weighted by Gasteiger charge is 2.13. The minimum atomic E-state index is -0.586. The monoisotopic (exact) mass is 419 g/mol. The maximum absolute atomic E-state index is 11.9. The summed E-state index contributed by atoms with van der Waals surface area (Å²) in [5, 5.41) is 2.79. The molecule has 0 fully saturated rings. The third-order valence-corrected chi connectivity index (χ3v) is 4.54. The maximum Gasteiger partial charge on any atom is 0.344 e. The van der Waals surface area contributed by atoms with E-state index in [-0.39, 0.29) is 25.2 Å². The van der Waals surface area contributed by atoms with E-state index >= 15 is 0 Å². The number of halogens is 1. The lowest BCUT2D eigenvalue weighted by molar-refractivity contribution is -0.150. The van der Waals surface area contributed by atoms with E-state index in [1.165, 1.54) is 0 Å². The molecule has 0 saturated heterocycles. The van der Waals surface area contributed by atoms with Crippen LogP contribution in [0, 0.1) is 13.8 Å². The van der Waals surface area contributed by atoms with Crippen LogP contribution in [0.15, 0.2) is 46.9 Å². The summed E-state index contributed by atoms with van der Waals surface area (Å²) in [5.41, 5.74) is 3.02. The Bertz CT molecular complexity index is 774. The van der Waals surface area contributed by atoms with E-state index in [0.29, 0.717) is 5.75 Å². The molecule has 5 nitrogen and oxygen atoms in total. The zero-order valence-corrected chi connectivity index (χ0v) is 16.6. The molecular formula is C20H22BrNO4. The average molecular weight is 420 g/mol. The van der Waals surface area contributed by atoms with Gasteiger partial charge in [-0.15, -0.1) is 0 Å². The van der Waals surface area contributed by atoms with Crippen LogP contribution in [0.1, 0.15) is 29.7 Å². The summed E-state index contributed by atoms with van der Waals surface area (Å²) in [5.74, 6) is -0.312. The quantitative estimate of drug-likeness (QED) is 0.691. The Labute approximate surface area is 161 Å². The van der Waals surface area contributed by atoms with Gasteiger partial charge in [-0.1, -0.05) is 40.2 Å². The number of rotatable bonds is 7. The van der Waals surface area contributed by atoms with Crippen molar-refractivity contribution < 1.29 is 19.1 Å². The van der Waals surface area contributed by atoms with Crippen LogP contribution < -0.4 is 10.1 Å². The standard InChI is InChI=1S/C20H22BrNO4/c1-13-5-4-6-18(14(13)2)25-12-20(24)26-11-19(23)22-15(3)16-7-9-17(21)10-8-16/h4-10,15H,11-12H2,1-3H3,(H,22,23)/t15-/m0/s1. The van der Waals surface area contributed by atoms with E-state index in [2.05, 4.69) is 21.2 Å². The van der Waals surface area contributed by atoms with Crippen LogP contribution in [0.2, 0.25) is 0 Å². The highest BCUT2D eigenvalue weighted by Crippen LogP contribution is 2.20. The molecule has 0 bridgehead atoms. The van der Waals surface area contributed by atoms with Gasteiger partial charge in [0.25, 0.3) is 5.91 Å². The normalized spacial score (nSPS) is 11.5. The molecule has 0 aliphatic heterocycles. The number of carbonyl (C=O) groups excluding carboxylic acids is 2. The first-order valence-corrected chi connectivity index (χ1v) is 9.05. The van der Waals surface area contributed by atoms with Gasteiger partial charge in [-0.3, -0.25) is 4.79 Å². The van der Waals surface area contributed by atoms with E-state index in [1.807, 2.05) is 57.2 Å². The van der Waals surface area contributed by atoms with Crippen LogP contribution in [-0.2, 0) is 14.3 Å². The number of ether oxygens (including phenoxy) is 2. The van der Waals surface area contributed by atoms with Crippen molar-refractivity contribution >= 4 is 27.8 Å². The molecule has 0 spiro atoms. The van der Waals surface area contributed by atoms with E-state index in [1.54, 1.807) is 6.07 Å². The Balaban J connectivity index is 1.75. The van der Waals surface area contributed by atoms with Crippen molar-refractivity contribution in [2.75, 3.05) is 13.2 Å². The Hall–Kier alpha value is -2.34. The maximum atomic E-state index is 11.9. The number of nitrogens with one attached hydrogen (secondary N) is 1. The number of hydrogen-bond donors (Lipinski definition) is 1. The molecule has 2 rings (SSSR count). The first-order chi connectivity index (χ1) is 12.4. The Morgan fingerprint density at radius 3 is 2.46 bits per heavy atom. The largest absolute Gasteiger partial charge is 0.482 e. The third kappa shape index (κ3) is 5.88. The molecule has 138 valence electrons. The first kappa shape index (κ1) is 20.0. The number of amides is 1. The van der Waals surface area contributed by atoms with E-state index in [4.69, 9.17) is 9.47 Å². The molecule has 0 saturated carbocycles. The van der Waals surface area contributed by atoms with E-state index in [0.717, 1.165) is 21.2 Å². The minimum Gasteiger partial charge on any atom is -0.482 e. The summed E-state index contributed by atoms with van der Waals surface area (Å²) in [6, 6.07) is 13.1. The molecule has 0 aromatic heterocycles. The number of hydrogen-bond acceptors (Lipinski definition) is 4. The second-order valence-electron chi connectivity index (χ2n) is 5.99. The van der Waals surface area contributed by atoms with Gasteiger partial charge in [-0.05, 0) is 55.7 Å². The van der Waals surface area contributed by atoms with Gasteiger partial charge in [0.15, 0.2) is 13.2 Å². The van der Waals surface area contributed by atoms with Crippen molar-refractivity contribution in [1.82, 2.24) is 5.32 Å². The lowest BCUT2D eigenvalue weighted by Gasteiger charge is -2.15. The van der Waals surface area contributed by atoms with Crippen LogP contribution in [-0.4, -0.2) is 25.1 Å². The van der Waals surface area contributed by atoms with Crippen LogP contribution in [0.4, 0.5) is 0 Å². The molecule has 2 aromatic carbocycles. The fourth-order valence-corrected chi connectivity index (χ4v) is 2.59. The lowest BCUT2D eigenvalue weighted by atomic mass is 10.1. The predicted molar refractivity (Wildman–Crippen MR) is 103 cm³/mol. The number of carbonyl (C=O) groups is 2. The fraction of sp³-hybridized carbons (Fsp3) is 0.300. The van der Waals surface area contributed by atoms with Gasteiger partial charge < -0.3 is 14.8 Å². The molecule has 0 radical (unpaired) electrons. The second-order valence-corrected chi connectivity index (χ2v) is 6.90. The zero-order chi connectivity index (χ0) is 19.1. The van der Waals surface area contributed by atoms with Crippen LogP contribution >= 0.6 is 15.9 Å². The SMILES string of the molecule is Cc1cccc(OCC(=O)OCC(=O)N[C@@H](C)c2ccc(Br)cc2)c1C. The minimum absolute atomic E-state index is 0.180. The van der Waals surface area contributed by atoms with Crippen molar-refractivity contribution in [3.63, 3.8) is 0 Å². The molecule has 2 aromatic rings. The number of aryl methyl sites for hydroxylation is 1. The fourth-order valence-electron chi connectivity index (χ4n) is 2.32. The molecule has 0 aliphatic rings. The lowest BCUT2D eigenvalue weighted by Crippen LogP contribution is -2.31. The van der Waals surface area contributed by atoms with Crippen molar-refractivity contribution in [3.05, 3.63) is 63.6 Å². The molecule has 6 heteroatoms. The molecule has 0 unspecified atom stereocenters. The van der Waals surface area contributed by atoms with E-state index < -0.39 is 5.97 Å². The van der Waals surface area contributed by atoms with Crippen molar-refractivity contribution in [2.24, 2.45) is 0 Å². The average Bonchev–Trinajstić information content (AvgIpc) is 2.61. The first-order valence-electron chi connectivity index (χ1n) is 8.26. The van der Waals surface area contributed by atoms with E-state index in [9.17, 15) is 9.59 Å². The third-order valence-electron chi connectivity index (χ3n) is 4.01. The molecule has 0 heterocycles. The van der Waals surface area contributed by atoms with Gasteiger partial charge in [-0.25, -0.2) is 4.79 Å². The van der Waals surface area contributed by atoms with Crippen molar-refractivity contribution in [1.29, 1.82) is 0 Å². The van der Waals surface area contributed by atoms with Gasteiger partial charge in [0.05, 0.1) is 6.04 Å². The highest BCUT2D eigenvalue weighted by atomic mass is 79.9. The highest BCUT2D eigenvalue weighted by molar-refractivity contribution is 9.10. The Morgan fingerprint density at radius 2 is 1.77 bits per heavy atom.